The number of aromatic nitrogens is 3. The van der Waals surface area contributed by atoms with Gasteiger partial charge in [-0.2, -0.15) is 5.10 Å². The average molecular weight is 278 g/mol. The summed E-state index contributed by atoms with van der Waals surface area (Å²) in [6, 6.07) is 3.85. The van der Waals surface area contributed by atoms with Crippen LogP contribution in [-0.2, 0) is 11.3 Å². The van der Waals surface area contributed by atoms with Gasteiger partial charge in [-0.3, -0.25) is 4.68 Å². The van der Waals surface area contributed by atoms with Crippen LogP contribution in [0.25, 0.3) is 11.1 Å². The molecule has 100 valence electrons. The predicted octanol–water partition coefficient (Wildman–Crippen LogP) is 3.03. The number of hydrogen-bond donors (Lipinski definition) is 0. The summed E-state index contributed by atoms with van der Waals surface area (Å²) in [5.41, 5.74) is 1.95. The van der Waals surface area contributed by atoms with Crippen LogP contribution in [0.15, 0.2) is 30.7 Å². The Morgan fingerprint density at radius 3 is 3.00 bits per heavy atom. The summed E-state index contributed by atoms with van der Waals surface area (Å²) in [6.45, 7) is 2.68. The summed E-state index contributed by atoms with van der Waals surface area (Å²) in [4.78, 5) is 4.09. The van der Waals surface area contributed by atoms with Gasteiger partial charge in [0.1, 0.15) is 5.15 Å². The van der Waals surface area contributed by atoms with Gasteiger partial charge in [0.15, 0.2) is 0 Å². The number of hydrogen-bond acceptors (Lipinski definition) is 3. The van der Waals surface area contributed by atoms with Gasteiger partial charge in [0.05, 0.1) is 6.20 Å². The van der Waals surface area contributed by atoms with Crippen molar-refractivity contribution in [2.24, 2.45) is 5.92 Å². The molecule has 1 aliphatic rings. The van der Waals surface area contributed by atoms with E-state index in [4.69, 9.17) is 16.3 Å². The highest BCUT2D eigenvalue weighted by atomic mass is 35.5. The molecule has 0 atom stereocenters. The van der Waals surface area contributed by atoms with Gasteiger partial charge in [0.25, 0.3) is 0 Å². The van der Waals surface area contributed by atoms with Gasteiger partial charge < -0.3 is 4.74 Å². The molecular formula is C14H16ClN3O. The van der Waals surface area contributed by atoms with E-state index in [1.807, 2.05) is 29.2 Å². The van der Waals surface area contributed by atoms with Gasteiger partial charge in [-0.25, -0.2) is 4.98 Å². The standard InChI is InChI=1S/C14H16ClN3O/c15-14-13(2-1-5-16-14)12-8-17-18(10-12)9-11-3-6-19-7-4-11/h1-2,5,8,10-11H,3-4,6-7,9H2. The maximum atomic E-state index is 6.10. The first-order valence-corrected chi connectivity index (χ1v) is 6.92. The van der Waals surface area contributed by atoms with Gasteiger partial charge in [-0.1, -0.05) is 11.6 Å². The lowest BCUT2D eigenvalue weighted by Gasteiger charge is -2.21. The molecule has 0 aliphatic carbocycles. The third-order valence-electron chi connectivity index (χ3n) is 3.49. The second-order valence-electron chi connectivity index (χ2n) is 4.85. The quantitative estimate of drug-likeness (QED) is 0.810. The summed E-state index contributed by atoms with van der Waals surface area (Å²) in [6.07, 6.45) is 7.81. The predicted molar refractivity (Wildman–Crippen MR) is 74.0 cm³/mol. The molecule has 0 bridgehead atoms. The fourth-order valence-corrected chi connectivity index (χ4v) is 2.63. The van der Waals surface area contributed by atoms with Crippen LogP contribution in [0.1, 0.15) is 12.8 Å². The second kappa shape index (κ2) is 5.72. The lowest BCUT2D eigenvalue weighted by Crippen LogP contribution is -2.20. The fraction of sp³-hybridized carbons (Fsp3) is 0.429. The molecule has 0 N–H and O–H groups in total. The Bertz CT molecular complexity index is 549. The number of ether oxygens (including phenoxy) is 1. The highest BCUT2D eigenvalue weighted by molar-refractivity contribution is 6.32. The van der Waals surface area contributed by atoms with Crippen LogP contribution >= 0.6 is 11.6 Å². The molecule has 1 fully saturated rings. The number of halogens is 1. The maximum Gasteiger partial charge on any atom is 0.136 e. The molecule has 2 aromatic heterocycles. The highest BCUT2D eigenvalue weighted by Crippen LogP contribution is 2.25. The van der Waals surface area contributed by atoms with E-state index in [1.165, 1.54) is 0 Å². The molecule has 2 aromatic rings. The van der Waals surface area contributed by atoms with E-state index in [0.29, 0.717) is 11.1 Å². The van der Waals surface area contributed by atoms with E-state index >= 15 is 0 Å². The van der Waals surface area contributed by atoms with E-state index in [-0.39, 0.29) is 0 Å². The zero-order chi connectivity index (χ0) is 13.1. The van der Waals surface area contributed by atoms with Gasteiger partial charge in [-0.05, 0) is 30.9 Å². The molecule has 5 heteroatoms. The Morgan fingerprint density at radius 1 is 1.37 bits per heavy atom. The van der Waals surface area contributed by atoms with Crippen molar-refractivity contribution >= 4 is 11.6 Å². The number of pyridine rings is 1. The smallest absolute Gasteiger partial charge is 0.136 e. The minimum Gasteiger partial charge on any atom is -0.381 e. The molecule has 1 aliphatic heterocycles. The van der Waals surface area contributed by atoms with E-state index in [2.05, 4.69) is 10.1 Å². The molecule has 0 radical (unpaired) electrons. The minimum atomic E-state index is 0.521. The molecule has 0 unspecified atom stereocenters. The van der Waals surface area contributed by atoms with Crippen molar-refractivity contribution in [1.82, 2.24) is 14.8 Å². The number of nitrogens with zero attached hydrogens (tertiary/aromatic N) is 3. The van der Waals surface area contributed by atoms with Gasteiger partial charge in [0, 0.05) is 43.3 Å². The summed E-state index contributed by atoms with van der Waals surface area (Å²) in [7, 11) is 0. The van der Waals surface area contributed by atoms with E-state index in [9.17, 15) is 0 Å². The first-order valence-electron chi connectivity index (χ1n) is 6.54. The average Bonchev–Trinajstić information content (AvgIpc) is 2.89. The Hall–Kier alpha value is -1.39. The van der Waals surface area contributed by atoms with Crippen LogP contribution in [0, 0.1) is 5.92 Å². The van der Waals surface area contributed by atoms with Crippen molar-refractivity contribution in [1.29, 1.82) is 0 Å². The van der Waals surface area contributed by atoms with E-state index < -0.39 is 0 Å². The maximum absolute atomic E-state index is 6.10. The Kier molecular flexibility index (Phi) is 3.80. The summed E-state index contributed by atoms with van der Waals surface area (Å²) < 4.78 is 7.37. The van der Waals surface area contributed by atoms with Gasteiger partial charge in [0.2, 0.25) is 0 Å². The summed E-state index contributed by atoms with van der Waals surface area (Å²) in [5.74, 6) is 0.658. The Labute approximate surface area is 117 Å². The van der Waals surface area contributed by atoms with E-state index in [0.717, 1.165) is 43.7 Å². The third-order valence-corrected chi connectivity index (χ3v) is 3.79. The molecule has 19 heavy (non-hydrogen) atoms. The summed E-state index contributed by atoms with van der Waals surface area (Å²) in [5, 5.41) is 4.94. The minimum absolute atomic E-state index is 0.521. The lowest BCUT2D eigenvalue weighted by atomic mass is 10.0. The van der Waals surface area contributed by atoms with Crippen LogP contribution in [-0.4, -0.2) is 28.0 Å². The molecule has 0 saturated carbocycles. The molecular weight excluding hydrogens is 262 g/mol. The molecule has 3 heterocycles. The zero-order valence-corrected chi connectivity index (χ0v) is 11.4. The van der Waals surface area contributed by atoms with Crippen molar-refractivity contribution in [3.05, 3.63) is 35.9 Å². The lowest BCUT2D eigenvalue weighted by molar-refractivity contribution is 0.0601. The van der Waals surface area contributed by atoms with Gasteiger partial charge in [-0.15, -0.1) is 0 Å². The largest absolute Gasteiger partial charge is 0.381 e. The molecule has 4 nitrogen and oxygen atoms in total. The van der Waals surface area contributed by atoms with Crippen LogP contribution < -0.4 is 0 Å². The normalized spacial score (nSPS) is 16.7. The SMILES string of the molecule is Clc1ncccc1-c1cnn(CC2CCOCC2)c1. The Balaban J connectivity index is 1.74. The highest BCUT2D eigenvalue weighted by Gasteiger charge is 2.15. The van der Waals surface area contributed by atoms with E-state index in [1.54, 1.807) is 6.20 Å². The van der Waals surface area contributed by atoms with Gasteiger partial charge >= 0.3 is 0 Å². The topological polar surface area (TPSA) is 39.9 Å². The second-order valence-corrected chi connectivity index (χ2v) is 5.21. The van der Waals surface area contributed by atoms with Crippen molar-refractivity contribution in [3.8, 4) is 11.1 Å². The van der Waals surface area contributed by atoms with Crippen molar-refractivity contribution in [2.75, 3.05) is 13.2 Å². The Morgan fingerprint density at radius 2 is 2.21 bits per heavy atom. The molecule has 0 aromatic carbocycles. The molecule has 3 rings (SSSR count). The third kappa shape index (κ3) is 2.96. The van der Waals surface area contributed by atoms with Crippen molar-refractivity contribution < 1.29 is 4.74 Å². The summed E-state index contributed by atoms with van der Waals surface area (Å²) >= 11 is 6.10. The monoisotopic (exact) mass is 277 g/mol. The van der Waals surface area contributed by atoms with Crippen LogP contribution in [0.3, 0.4) is 0 Å². The van der Waals surface area contributed by atoms with Crippen LogP contribution in [0.4, 0.5) is 0 Å². The zero-order valence-electron chi connectivity index (χ0n) is 10.6. The van der Waals surface area contributed by atoms with Crippen molar-refractivity contribution in [2.45, 2.75) is 19.4 Å². The molecule has 0 amide bonds. The first-order chi connectivity index (χ1) is 9.33. The molecule has 0 spiro atoms. The molecule has 1 saturated heterocycles. The first kappa shape index (κ1) is 12.6. The van der Waals surface area contributed by atoms with Crippen molar-refractivity contribution in [3.63, 3.8) is 0 Å². The van der Waals surface area contributed by atoms with Crippen LogP contribution in [0.2, 0.25) is 5.15 Å². The van der Waals surface area contributed by atoms with Crippen LogP contribution in [0.5, 0.6) is 0 Å². The number of rotatable bonds is 3. The fourth-order valence-electron chi connectivity index (χ4n) is 2.40.